The number of hydrogen-bond acceptors (Lipinski definition) is 3. The van der Waals surface area contributed by atoms with Gasteiger partial charge in [-0.3, -0.25) is 0 Å². The lowest BCUT2D eigenvalue weighted by Gasteiger charge is -2.15. The van der Waals surface area contributed by atoms with Crippen LogP contribution in [0.2, 0.25) is 0 Å². The van der Waals surface area contributed by atoms with Crippen molar-refractivity contribution in [2.24, 2.45) is 5.73 Å². The van der Waals surface area contributed by atoms with Gasteiger partial charge in [0.15, 0.2) is 0 Å². The minimum absolute atomic E-state index is 0.106. The number of thioether (sulfide) groups is 1. The second-order valence-electron chi connectivity index (χ2n) is 3.38. The molecule has 1 aromatic rings. The molecule has 0 fully saturated rings. The number of nitrogens with two attached hydrogens (primary N) is 1. The molecule has 0 aliphatic rings. The maximum Gasteiger partial charge on any atom is 0.446 e. The molecule has 2 atom stereocenters. The number of hydrogen-bond donors (Lipinski definition) is 2. The summed E-state index contributed by atoms with van der Waals surface area (Å²) in [7, 11) is 0. The highest BCUT2D eigenvalue weighted by Gasteiger charge is 2.29. The fraction of sp³-hybridized carbons (Fsp3) is 0.400. The van der Waals surface area contributed by atoms with Crippen molar-refractivity contribution in [1.29, 1.82) is 0 Å². The van der Waals surface area contributed by atoms with Crippen LogP contribution in [0.4, 0.5) is 13.2 Å². The van der Waals surface area contributed by atoms with Gasteiger partial charge < -0.3 is 10.8 Å². The summed E-state index contributed by atoms with van der Waals surface area (Å²) >= 11 is -0.174. The quantitative estimate of drug-likeness (QED) is 0.812. The molecule has 0 amide bonds. The van der Waals surface area contributed by atoms with Gasteiger partial charge in [0.1, 0.15) is 0 Å². The Bertz CT molecular complexity index is 337. The predicted molar refractivity (Wildman–Crippen MR) is 57.0 cm³/mol. The molecule has 2 nitrogen and oxygen atoms in total. The fourth-order valence-electron chi connectivity index (χ4n) is 1.17. The molecule has 0 saturated carbocycles. The zero-order valence-corrected chi connectivity index (χ0v) is 9.35. The van der Waals surface area contributed by atoms with Crippen LogP contribution in [0.1, 0.15) is 18.5 Å². The molecular formula is C10H12F3NOS. The van der Waals surface area contributed by atoms with Crippen molar-refractivity contribution < 1.29 is 18.3 Å². The summed E-state index contributed by atoms with van der Waals surface area (Å²) in [6, 6.07) is 5.09. The minimum atomic E-state index is -4.28. The van der Waals surface area contributed by atoms with Crippen LogP contribution in [0, 0.1) is 0 Å². The first-order valence-electron chi connectivity index (χ1n) is 4.59. The van der Waals surface area contributed by atoms with Crippen LogP contribution in [0.3, 0.4) is 0 Å². The number of rotatable bonds is 3. The van der Waals surface area contributed by atoms with Gasteiger partial charge in [0.05, 0.1) is 12.1 Å². The summed E-state index contributed by atoms with van der Waals surface area (Å²) in [5, 5.41) is 9.22. The molecule has 1 rings (SSSR count). The van der Waals surface area contributed by atoms with Gasteiger partial charge in [-0.15, -0.1) is 0 Å². The van der Waals surface area contributed by atoms with Crippen LogP contribution in [0.25, 0.3) is 0 Å². The van der Waals surface area contributed by atoms with Crippen molar-refractivity contribution in [3.8, 4) is 0 Å². The zero-order valence-electron chi connectivity index (χ0n) is 8.53. The van der Waals surface area contributed by atoms with Crippen molar-refractivity contribution in [1.82, 2.24) is 0 Å². The lowest BCUT2D eigenvalue weighted by molar-refractivity contribution is -0.0328. The van der Waals surface area contributed by atoms with E-state index in [-0.39, 0.29) is 16.7 Å². The van der Waals surface area contributed by atoms with Gasteiger partial charge in [0, 0.05) is 4.90 Å². The molecule has 0 unspecified atom stereocenters. The topological polar surface area (TPSA) is 46.2 Å². The Balaban J connectivity index is 2.76. The third-order valence-corrected chi connectivity index (χ3v) is 2.76. The smallest absolute Gasteiger partial charge is 0.391 e. The SMILES string of the molecule is C[C@@H](O)[C@H](N)c1ccc(SC(F)(F)F)cc1. The van der Waals surface area contributed by atoms with Gasteiger partial charge in [-0.1, -0.05) is 12.1 Å². The van der Waals surface area contributed by atoms with E-state index in [4.69, 9.17) is 5.73 Å². The Morgan fingerprint density at radius 3 is 2.12 bits per heavy atom. The van der Waals surface area contributed by atoms with E-state index in [1.807, 2.05) is 0 Å². The molecule has 3 N–H and O–H groups in total. The van der Waals surface area contributed by atoms with Gasteiger partial charge >= 0.3 is 5.51 Å². The van der Waals surface area contributed by atoms with Crippen molar-refractivity contribution >= 4 is 11.8 Å². The molecule has 1 aromatic carbocycles. The van der Waals surface area contributed by atoms with E-state index in [0.29, 0.717) is 5.56 Å². The van der Waals surface area contributed by atoms with E-state index in [2.05, 4.69) is 0 Å². The highest BCUT2D eigenvalue weighted by atomic mass is 32.2. The summed E-state index contributed by atoms with van der Waals surface area (Å²) < 4.78 is 36.1. The lowest BCUT2D eigenvalue weighted by Crippen LogP contribution is -2.22. The Morgan fingerprint density at radius 2 is 1.75 bits per heavy atom. The van der Waals surface area contributed by atoms with Gasteiger partial charge in [0.2, 0.25) is 0 Å². The summed E-state index contributed by atoms with van der Waals surface area (Å²) in [5.74, 6) is 0. The van der Waals surface area contributed by atoms with Gasteiger partial charge in [-0.25, -0.2) is 0 Å². The molecule has 0 aliphatic heterocycles. The third-order valence-electron chi connectivity index (χ3n) is 2.02. The standard InChI is InChI=1S/C10H12F3NOS/c1-6(15)9(14)7-2-4-8(5-3-7)16-10(11,12)13/h2-6,9,15H,14H2,1H3/t6-,9+/m1/s1. The van der Waals surface area contributed by atoms with Crippen molar-refractivity contribution in [2.75, 3.05) is 0 Å². The van der Waals surface area contributed by atoms with E-state index in [0.717, 1.165) is 0 Å². The van der Waals surface area contributed by atoms with Crippen LogP contribution in [-0.2, 0) is 0 Å². The molecule has 0 aromatic heterocycles. The summed E-state index contributed by atoms with van der Waals surface area (Å²) in [5.41, 5.74) is 1.96. The Kier molecular flexibility index (Phi) is 4.23. The highest BCUT2D eigenvalue weighted by Crippen LogP contribution is 2.36. The number of aliphatic hydroxyl groups is 1. The second kappa shape index (κ2) is 5.07. The number of aliphatic hydroxyl groups excluding tert-OH is 1. The molecule has 0 saturated heterocycles. The number of alkyl halides is 3. The van der Waals surface area contributed by atoms with E-state index < -0.39 is 17.7 Å². The van der Waals surface area contributed by atoms with Crippen LogP contribution in [-0.4, -0.2) is 16.7 Å². The maximum atomic E-state index is 12.0. The third kappa shape index (κ3) is 4.03. The van der Waals surface area contributed by atoms with E-state index >= 15 is 0 Å². The average molecular weight is 251 g/mol. The molecule has 6 heteroatoms. The van der Waals surface area contributed by atoms with E-state index in [1.165, 1.54) is 31.2 Å². The molecule has 0 spiro atoms. The molecule has 0 radical (unpaired) electrons. The van der Waals surface area contributed by atoms with Gasteiger partial charge in [-0.05, 0) is 36.4 Å². The first-order chi connectivity index (χ1) is 7.29. The Hall–Kier alpha value is -0.720. The van der Waals surface area contributed by atoms with Crippen molar-refractivity contribution in [2.45, 2.75) is 29.5 Å². The number of benzene rings is 1. The Morgan fingerprint density at radius 1 is 1.25 bits per heavy atom. The minimum Gasteiger partial charge on any atom is -0.391 e. The summed E-state index contributed by atoms with van der Waals surface area (Å²) in [6.07, 6.45) is -0.735. The molecule has 0 heterocycles. The summed E-state index contributed by atoms with van der Waals surface area (Å²) in [4.78, 5) is 0.106. The zero-order chi connectivity index (χ0) is 12.3. The van der Waals surface area contributed by atoms with E-state index in [9.17, 15) is 18.3 Å². The van der Waals surface area contributed by atoms with Crippen LogP contribution in [0.15, 0.2) is 29.2 Å². The molecule has 90 valence electrons. The normalized spacial score (nSPS) is 15.9. The van der Waals surface area contributed by atoms with E-state index in [1.54, 1.807) is 0 Å². The van der Waals surface area contributed by atoms with Crippen molar-refractivity contribution in [3.05, 3.63) is 29.8 Å². The lowest BCUT2D eigenvalue weighted by atomic mass is 10.0. The van der Waals surface area contributed by atoms with Crippen LogP contribution >= 0.6 is 11.8 Å². The summed E-state index contributed by atoms with van der Waals surface area (Å²) in [6.45, 7) is 1.53. The fourth-order valence-corrected chi connectivity index (χ4v) is 1.71. The first kappa shape index (κ1) is 13.3. The first-order valence-corrected chi connectivity index (χ1v) is 5.40. The maximum absolute atomic E-state index is 12.0. The van der Waals surface area contributed by atoms with Crippen LogP contribution in [0.5, 0.6) is 0 Å². The molecule has 0 bridgehead atoms. The van der Waals surface area contributed by atoms with Crippen molar-refractivity contribution in [3.63, 3.8) is 0 Å². The van der Waals surface area contributed by atoms with Crippen LogP contribution < -0.4 is 5.73 Å². The average Bonchev–Trinajstić information content (AvgIpc) is 2.15. The van der Waals surface area contributed by atoms with Gasteiger partial charge in [0.25, 0.3) is 0 Å². The monoisotopic (exact) mass is 251 g/mol. The molecular weight excluding hydrogens is 239 g/mol. The number of halogens is 3. The van der Waals surface area contributed by atoms with Gasteiger partial charge in [-0.2, -0.15) is 13.2 Å². The second-order valence-corrected chi connectivity index (χ2v) is 4.52. The Labute approximate surface area is 95.6 Å². The highest BCUT2D eigenvalue weighted by molar-refractivity contribution is 8.00. The predicted octanol–water partition coefficient (Wildman–Crippen LogP) is 2.68. The largest absolute Gasteiger partial charge is 0.446 e. The molecule has 16 heavy (non-hydrogen) atoms. The molecule has 0 aliphatic carbocycles.